The number of hydrogen-bond acceptors (Lipinski definition) is 3. The summed E-state index contributed by atoms with van der Waals surface area (Å²) >= 11 is 0. The Bertz CT molecular complexity index is 332. The minimum atomic E-state index is -0.00851. The predicted molar refractivity (Wildman–Crippen MR) is 61.1 cm³/mol. The molecular weight excluding hydrogens is 188 g/mol. The van der Waals surface area contributed by atoms with E-state index in [0.717, 1.165) is 25.4 Å². The van der Waals surface area contributed by atoms with Crippen LogP contribution in [0.3, 0.4) is 0 Å². The molecule has 0 bridgehead atoms. The molecule has 1 N–H and O–H groups in total. The standard InChI is InChI=1S/C12H18N2O/c1-10-4-6-13-11(8-10)14-9-12(2)5-3-7-15-12/h4,6,8H,3,5,7,9H2,1-2H3,(H,13,14). The van der Waals surface area contributed by atoms with Crippen molar-refractivity contribution >= 4 is 5.82 Å². The van der Waals surface area contributed by atoms with Crippen LogP contribution in [0.5, 0.6) is 0 Å². The summed E-state index contributed by atoms with van der Waals surface area (Å²) in [4.78, 5) is 4.26. The molecule has 1 saturated heterocycles. The number of nitrogens with one attached hydrogen (secondary N) is 1. The van der Waals surface area contributed by atoms with Crippen molar-refractivity contribution in [1.29, 1.82) is 0 Å². The van der Waals surface area contributed by atoms with Crippen LogP contribution in [0, 0.1) is 6.92 Å². The topological polar surface area (TPSA) is 34.2 Å². The SMILES string of the molecule is Cc1ccnc(NCC2(C)CCCO2)c1. The van der Waals surface area contributed by atoms with Gasteiger partial charge in [-0.1, -0.05) is 0 Å². The van der Waals surface area contributed by atoms with Crippen LogP contribution in [-0.2, 0) is 4.74 Å². The van der Waals surface area contributed by atoms with Crippen LogP contribution in [0.15, 0.2) is 18.3 Å². The summed E-state index contributed by atoms with van der Waals surface area (Å²) in [5.74, 6) is 0.937. The van der Waals surface area contributed by atoms with E-state index in [-0.39, 0.29) is 5.60 Å². The van der Waals surface area contributed by atoms with Gasteiger partial charge in [0.25, 0.3) is 0 Å². The zero-order valence-electron chi connectivity index (χ0n) is 9.42. The van der Waals surface area contributed by atoms with Crippen LogP contribution in [0.25, 0.3) is 0 Å². The third kappa shape index (κ3) is 2.69. The Morgan fingerprint density at radius 2 is 2.47 bits per heavy atom. The van der Waals surface area contributed by atoms with Gasteiger partial charge in [-0.05, 0) is 44.4 Å². The minimum Gasteiger partial charge on any atom is -0.373 e. The predicted octanol–water partition coefficient (Wildman–Crippen LogP) is 2.37. The van der Waals surface area contributed by atoms with Gasteiger partial charge in [0, 0.05) is 19.3 Å². The molecule has 1 aromatic rings. The second kappa shape index (κ2) is 4.19. The number of aryl methyl sites for hydroxylation is 1. The van der Waals surface area contributed by atoms with Gasteiger partial charge in [-0.25, -0.2) is 4.98 Å². The quantitative estimate of drug-likeness (QED) is 0.824. The molecule has 15 heavy (non-hydrogen) atoms. The van der Waals surface area contributed by atoms with Crippen molar-refractivity contribution in [2.45, 2.75) is 32.3 Å². The van der Waals surface area contributed by atoms with Gasteiger partial charge in [0.1, 0.15) is 5.82 Å². The molecule has 3 heteroatoms. The van der Waals surface area contributed by atoms with E-state index in [9.17, 15) is 0 Å². The molecule has 2 rings (SSSR count). The number of pyridine rings is 1. The lowest BCUT2D eigenvalue weighted by Gasteiger charge is -2.23. The Morgan fingerprint density at radius 3 is 3.13 bits per heavy atom. The fourth-order valence-electron chi connectivity index (χ4n) is 1.89. The lowest BCUT2D eigenvalue weighted by molar-refractivity contribution is 0.0315. The summed E-state index contributed by atoms with van der Waals surface area (Å²) in [6, 6.07) is 4.05. The molecule has 1 atom stereocenters. The number of hydrogen-bond donors (Lipinski definition) is 1. The molecule has 82 valence electrons. The second-order valence-corrected chi connectivity index (χ2v) is 4.47. The van der Waals surface area contributed by atoms with Crippen molar-refractivity contribution in [2.75, 3.05) is 18.5 Å². The van der Waals surface area contributed by atoms with E-state index < -0.39 is 0 Å². The van der Waals surface area contributed by atoms with Crippen molar-refractivity contribution in [2.24, 2.45) is 0 Å². The van der Waals surface area contributed by atoms with Gasteiger partial charge in [-0.3, -0.25) is 0 Å². The van der Waals surface area contributed by atoms with Crippen LogP contribution in [0.4, 0.5) is 5.82 Å². The number of rotatable bonds is 3. The lowest BCUT2D eigenvalue weighted by Crippen LogP contribution is -2.32. The minimum absolute atomic E-state index is 0.00851. The fourth-order valence-corrected chi connectivity index (χ4v) is 1.89. The monoisotopic (exact) mass is 206 g/mol. The summed E-state index contributed by atoms with van der Waals surface area (Å²) in [5.41, 5.74) is 1.22. The Balaban J connectivity index is 1.92. The fraction of sp³-hybridized carbons (Fsp3) is 0.583. The summed E-state index contributed by atoms with van der Waals surface area (Å²) in [7, 11) is 0. The van der Waals surface area contributed by atoms with Gasteiger partial charge >= 0.3 is 0 Å². The molecule has 0 spiro atoms. The van der Waals surface area contributed by atoms with Gasteiger partial charge in [0.2, 0.25) is 0 Å². The van der Waals surface area contributed by atoms with Crippen molar-refractivity contribution in [1.82, 2.24) is 4.98 Å². The highest BCUT2D eigenvalue weighted by molar-refractivity contribution is 5.37. The Labute approximate surface area is 90.9 Å². The average Bonchev–Trinajstić information content (AvgIpc) is 2.63. The van der Waals surface area contributed by atoms with Crippen LogP contribution < -0.4 is 5.32 Å². The maximum Gasteiger partial charge on any atom is 0.126 e. The van der Waals surface area contributed by atoms with Crippen LogP contribution in [-0.4, -0.2) is 23.7 Å². The van der Waals surface area contributed by atoms with Crippen molar-refractivity contribution in [3.8, 4) is 0 Å². The van der Waals surface area contributed by atoms with Crippen molar-refractivity contribution < 1.29 is 4.74 Å². The van der Waals surface area contributed by atoms with E-state index in [2.05, 4.69) is 30.2 Å². The Hall–Kier alpha value is -1.09. The molecule has 2 heterocycles. The third-order valence-electron chi connectivity index (χ3n) is 2.86. The van der Waals surface area contributed by atoms with Crippen molar-refractivity contribution in [3.63, 3.8) is 0 Å². The molecular formula is C12H18N2O. The smallest absolute Gasteiger partial charge is 0.126 e. The van der Waals surface area contributed by atoms with Gasteiger partial charge in [-0.15, -0.1) is 0 Å². The van der Waals surface area contributed by atoms with Crippen molar-refractivity contribution in [3.05, 3.63) is 23.9 Å². The zero-order valence-corrected chi connectivity index (χ0v) is 9.42. The number of ether oxygens (including phenoxy) is 1. The number of nitrogens with zero attached hydrogens (tertiary/aromatic N) is 1. The highest BCUT2D eigenvalue weighted by Crippen LogP contribution is 2.25. The zero-order chi connectivity index (χ0) is 10.7. The third-order valence-corrected chi connectivity index (χ3v) is 2.86. The van der Waals surface area contributed by atoms with E-state index >= 15 is 0 Å². The number of anilines is 1. The first kappa shape index (κ1) is 10.4. The van der Waals surface area contributed by atoms with E-state index in [0.29, 0.717) is 0 Å². The summed E-state index contributed by atoms with van der Waals surface area (Å²) in [5, 5.41) is 3.33. The summed E-state index contributed by atoms with van der Waals surface area (Å²) < 4.78 is 5.70. The van der Waals surface area contributed by atoms with E-state index in [1.54, 1.807) is 0 Å². The molecule has 1 aliphatic heterocycles. The van der Waals surface area contributed by atoms with Crippen LogP contribution >= 0.6 is 0 Å². The molecule has 3 nitrogen and oxygen atoms in total. The molecule has 0 amide bonds. The summed E-state index contributed by atoms with van der Waals surface area (Å²) in [6.45, 7) is 5.95. The molecule has 0 radical (unpaired) electrons. The highest BCUT2D eigenvalue weighted by Gasteiger charge is 2.29. The van der Waals surface area contributed by atoms with Gasteiger partial charge in [0.05, 0.1) is 5.60 Å². The van der Waals surface area contributed by atoms with E-state index in [1.807, 2.05) is 12.3 Å². The highest BCUT2D eigenvalue weighted by atomic mass is 16.5. The largest absolute Gasteiger partial charge is 0.373 e. The van der Waals surface area contributed by atoms with E-state index in [1.165, 1.54) is 12.0 Å². The summed E-state index contributed by atoms with van der Waals surface area (Å²) in [6.07, 6.45) is 4.13. The average molecular weight is 206 g/mol. The van der Waals surface area contributed by atoms with Gasteiger partial charge in [-0.2, -0.15) is 0 Å². The van der Waals surface area contributed by atoms with E-state index in [4.69, 9.17) is 4.74 Å². The molecule has 0 aliphatic carbocycles. The van der Waals surface area contributed by atoms with Crippen LogP contribution in [0.2, 0.25) is 0 Å². The molecule has 1 fully saturated rings. The molecule has 1 aliphatic rings. The van der Waals surface area contributed by atoms with Crippen LogP contribution in [0.1, 0.15) is 25.3 Å². The normalized spacial score (nSPS) is 25.5. The Morgan fingerprint density at radius 1 is 1.60 bits per heavy atom. The lowest BCUT2D eigenvalue weighted by atomic mass is 10.0. The first-order valence-electron chi connectivity index (χ1n) is 5.48. The molecule has 0 aromatic carbocycles. The number of aromatic nitrogens is 1. The molecule has 1 aromatic heterocycles. The molecule has 0 saturated carbocycles. The van der Waals surface area contributed by atoms with Gasteiger partial charge in [0.15, 0.2) is 0 Å². The second-order valence-electron chi connectivity index (χ2n) is 4.47. The maximum absolute atomic E-state index is 5.70. The van der Waals surface area contributed by atoms with Gasteiger partial charge < -0.3 is 10.1 Å². The first-order valence-corrected chi connectivity index (χ1v) is 5.48. The maximum atomic E-state index is 5.70. The Kier molecular flexibility index (Phi) is 2.91. The molecule has 1 unspecified atom stereocenters. The first-order chi connectivity index (χ1) is 7.18.